The Bertz CT molecular complexity index is 265. The van der Waals surface area contributed by atoms with Crippen LogP contribution in [0.25, 0.3) is 6.08 Å². The Balaban J connectivity index is 2.72. The first-order valence-corrected chi connectivity index (χ1v) is 4.54. The Hall–Kier alpha value is -0.600. The molecule has 0 aliphatic rings. The maximum absolute atomic E-state index is 10.3. The minimum atomic E-state index is 0.506. The highest BCUT2D eigenvalue weighted by Crippen LogP contribution is 2.13. The largest absolute Gasteiger partial charge is 0.297 e. The molecule has 3 heteroatoms. The topological polar surface area (TPSA) is 17.1 Å². The first kappa shape index (κ1) is 8.50. The molecule has 0 unspecified atom stereocenters. The second kappa shape index (κ2) is 4.31. The van der Waals surface area contributed by atoms with Crippen molar-refractivity contribution in [2.45, 2.75) is 0 Å². The summed E-state index contributed by atoms with van der Waals surface area (Å²) in [5.41, 5.74) is 1.04. The highest BCUT2D eigenvalue weighted by molar-refractivity contribution is 7.11. The molecule has 1 heterocycles. The van der Waals surface area contributed by atoms with Crippen LogP contribution in [0.4, 0.5) is 0 Å². The number of allylic oxidation sites excluding steroid dienone is 1. The van der Waals surface area contributed by atoms with Crippen LogP contribution in [0.15, 0.2) is 17.5 Å². The van der Waals surface area contributed by atoms with Gasteiger partial charge in [0, 0.05) is 5.88 Å². The number of thiophene rings is 1. The number of hydrogen-bond acceptors (Lipinski definition) is 2. The molecular weight excluding hydrogens is 180 g/mol. The second-order valence-corrected chi connectivity index (χ2v) is 3.21. The molecule has 0 radical (unpaired) electrons. The van der Waals surface area contributed by atoms with Gasteiger partial charge in [0.1, 0.15) is 0 Å². The van der Waals surface area contributed by atoms with E-state index >= 15 is 0 Å². The van der Waals surface area contributed by atoms with Crippen LogP contribution in [0.1, 0.15) is 15.2 Å². The van der Waals surface area contributed by atoms with Crippen molar-refractivity contribution in [2.75, 3.05) is 5.88 Å². The second-order valence-electron chi connectivity index (χ2n) is 1.96. The molecule has 0 N–H and O–H groups in total. The Morgan fingerprint density at radius 2 is 2.45 bits per heavy atom. The van der Waals surface area contributed by atoms with E-state index in [0.29, 0.717) is 5.88 Å². The highest BCUT2D eigenvalue weighted by atomic mass is 35.5. The van der Waals surface area contributed by atoms with Crippen molar-refractivity contribution in [1.82, 2.24) is 0 Å². The number of carbonyl (C=O) groups excluding carboxylic acids is 1. The van der Waals surface area contributed by atoms with Gasteiger partial charge in [-0.15, -0.1) is 22.9 Å². The van der Waals surface area contributed by atoms with Gasteiger partial charge in [0.2, 0.25) is 0 Å². The van der Waals surface area contributed by atoms with E-state index in [0.717, 1.165) is 16.7 Å². The highest BCUT2D eigenvalue weighted by Gasteiger charge is 1.93. The van der Waals surface area contributed by atoms with E-state index < -0.39 is 0 Å². The van der Waals surface area contributed by atoms with Crippen molar-refractivity contribution >= 4 is 35.3 Å². The van der Waals surface area contributed by atoms with Crippen molar-refractivity contribution in [3.63, 3.8) is 0 Å². The van der Waals surface area contributed by atoms with Gasteiger partial charge in [-0.3, -0.25) is 4.79 Å². The van der Waals surface area contributed by atoms with Crippen molar-refractivity contribution < 1.29 is 4.79 Å². The lowest BCUT2D eigenvalue weighted by atomic mass is 10.3. The lowest BCUT2D eigenvalue weighted by Crippen LogP contribution is -1.66. The van der Waals surface area contributed by atoms with Crippen LogP contribution in [-0.2, 0) is 0 Å². The van der Waals surface area contributed by atoms with E-state index in [4.69, 9.17) is 11.6 Å². The third-order valence-electron chi connectivity index (χ3n) is 1.16. The summed E-state index contributed by atoms with van der Waals surface area (Å²) in [6.45, 7) is 0. The molecule has 1 aromatic rings. The zero-order chi connectivity index (χ0) is 8.10. The SMILES string of the molecule is O=Cc1cc(C=CCCl)cs1. The summed E-state index contributed by atoms with van der Waals surface area (Å²) in [7, 11) is 0. The fraction of sp³-hybridized carbons (Fsp3) is 0.125. The molecule has 0 saturated carbocycles. The molecular formula is C8H7ClOS. The van der Waals surface area contributed by atoms with Gasteiger partial charge in [-0.25, -0.2) is 0 Å². The van der Waals surface area contributed by atoms with E-state index in [2.05, 4.69) is 0 Å². The molecule has 0 aromatic carbocycles. The standard InChI is InChI=1S/C8H7ClOS/c9-3-1-2-7-4-8(5-10)11-6-7/h1-2,4-6H,3H2. The molecule has 1 nitrogen and oxygen atoms in total. The summed E-state index contributed by atoms with van der Waals surface area (Å²) in [5.74, 6) is 0.506. The summed E-state index contributed by atoms with van der Waals surface area (Å²) in [6, 6.07) is 1.83. The number of aldehydes is 1. The van der Waals surface area contributed by atoms with Gasteiger partial charge in [-0.1, -0.05) is 12.2 Å². The van der Waals surface area contributed by atoms with Crippen LogP contribution < -0.4 is 0 Å². The molecule has 58 valence electrons. The zero-order valence-electron chi connectivity index (χ0n) is 5.79. The van der Waals surface area contributed by atoms with Crippen molar-refractivity contribution in [3.05, 3.63) is 28.0 Å². The summed E-state index contributed by atoms with van der Waals surface area (Å²) in [4.78, 5) is 11.0. The molecule has 11 heavy (non-hydrogen) atoms. The lowest BCUT2D eigenvalue weighted by molar-refractivity contribution is 0.112. The average Bonchev–Trinajstić information content (AvgIpc) is 2.48. The molecule has 0 bridgehead atoms. The number of halogens is 1. The van der Waals surface area contributed by atoms with Gasteiger partial charge >= 0.3 is 0 Å². The predicted molar refractivity (Wildman–Crippen MR) is 49.5 cm³/mol. The van der Waals surface area contributed by atoms with Crippen molar-refractivity contribution in [2.24, 2.45) is 0 Å². The molecule has 0 amide bonds. The van der Waals surface area contributed by atoms with Crippen molar-refractivity contribution in [1.29, 1.82) is 0 Å². The first-order valence-electron chi connectivity index (χ1n) is 3.13. The van der Waals surface area contributed by atoms with Crippen molar-refractivity contribution in [3.8, 4) is 0 Å². The summed E-state index contributed by atoms with van der Waals surface area (Å²) in [6.07, 6.45) is 4.59. The lowest BCUT2D eigenvalue weighted by Gasteiger charge is -1.79. The van der Waals surface area contributed by atoms with Gasteiger partial charge in [-0.2, -0.15) is 0 Å². The maximum atomic E-state index is 10.3. The van der Waals surface area contributed by atoms with Crippen LogP contribution in [0.5, 0.6) is 0 Å². The van der Waals surface area contributed by atoms with Gasteiger partial charge in [0.15, 0.2) is 6.29 Å². The number of hydrogen-bond donors (Lipinski definition) is 0. The fourth-order valence-corrected chi connectivity index (χ4v) is 1.47. The average molecular weight is 187 g/mol. The molecule has 0 aliphatic carbocycles. The molecule has 0 spiro atoms. The third-order valence-corrected chi connectivity index (χ3v) is 2.21. The summed E-state index contributed by atoms with van der Waals surface area (Å²) in [5, 5.41) is 1.92. The van der Waals surface area contributed by atoms with E-state index in [1.807, 2.05) is 23.6 Å². The minimum absolute atomic E-state index is 0.506. The van der Waals surface area contributed by atoms with E-state index in [1.54, 1.807) is 0 Å². The Kier molecular flexibility index (Phi) is 3.33. The predicted octanol–water partition coefficient (Wildman–Crippen LogP) is 2.81. The van der Waals surface area contributed by atoms with E-state index in [1.165, 1.54) is 11.3 Å². The van der Waals surface area contributed by atoms with E-state index in [9.17, 15) is 4.79 Å². The fourth-order valence-electron chi connectivity index (χ4n) is 0.698. The Morgan fingerprint density at radius 1 is 1.64 bits per heavy atom. The molecule has 0 saturated heterocycles. The van der Waals surface area contributed by atoms with Crippen LogP contribution in [0, 0.1) is 0 Å². The van der Waals surface area contributed by atoms with Gasteiger partial charge in [0.25, 0.3) is 0 Å². The number of alkyl halides is 1. The van der Waals surface area contributed by atoms with Gasteiger partial charge in [0.05, 0.1) is 4.88 Å². The quantitative estimate of drug-likeness (QED) is 0.524. The van der Waals surface area contributed by atoms with Crippen LogP contribution in [0.3, 0.4) is 0 Å². The van der Waals surface area contributed by atoms with E-state index in [-0.39, 0.29) is 0 Å². The third kappa shape index (κ3) is 2.48. The summed E-state index contributed by atoms with van der Waals surface area (Å²) >= 11 is 6.88. The summed E-state index contributed by atoms with van der Waals surface area (Å²) < 4.78 is 0. The smallest absolute Gasteiger partial charge is 0.160 e. The molecule has 0 atom stereocenters. The van der Waals surface area contributed by atoms with Gasteiger partial charge in [-0.05, 0) is 17.0 Å². The molecule has 1 aromatic heterocycles. The minimum Gasteiger partial charge on any atom is -0.297 e. The maximum Gasteiger partial charge on any atom is 0.160 e. The van der Waals surface area contributed by atoms with Gasteiger partial charge < -0.3 is 0 Å². The number of rotatable bonds is 3. The molecule has 0 aliphatic heterocycles. The van der Waals surface area contributed by atoms with Crippen LogP contribution in [-0.4, -0.2) is 12.2 Å². The van der Waals surface area contributed by atoms with Crippen LogP contribution in [0.2, 0.25) is 0 Å². The van der Waals surface area contributed by atoms with Crippen LogP contribution >= 0.6 is 22.9 Å². The molecule has 1 rings (SSSR count). The monoisotopic (exact) mass is 186 g/mol. The zero-order valence-corrected chi connectivity index (χ0v) is 7.36. The first-order chi connectivity index (χ1) is 5.36. The normalized spacial score (nSPS) is 10.6. The molecule has 0 fully saturated rings. The Labute approximate surface area is 74.3 Å². The Morgan fingerprint density at radius 3 is 3.00 bits per heavy atom. The number of carbonyl (C=O) groups is 1.